The second kappa shape index (κ2) is 8.55. The maximum Gasteiger partial charge on any atom is 0.249 e. The normalized spacial score (nSPS) is 15.1. The molecule has 3 aromatic heterocycles. The summed E-state index contributed by atoms with van der Waals surface area (Å²) >= 11 is 1.73. The highest BCUT2D eigenvalue weighted by molar-refractivity contribution is 7.13. The number of carbonyl (C=O) groups excluding carboxylic acids is 2. The fourth-order valence-corrected chi connectivity index (χ4v) is 4.08. The smallest absolute Gasteiger partial charge is 0.249 e. The average Bonchev–Trinajstić information content (AvgIpc) is 3.73. The first-order chi connectivity index (χ1) is 15.6. The van der Waals surface area contributed by atoms with Crippen LogP contribution in [0, 0.1) is 11.8 Å². The van der Waals surface area contributed by atoms with Gasteiger partial charge in [-0.05, 0) is 54.8 Å². The predicted molar refractivity (Wildman–Crippen MR) is 125 cm³/mol. The third kappa shape index (κ3) is 4.55. The Kier molecular flexibility index (Phi) is 5.45. The number of fused-ring (bicyclic) bond motifs is 1. The van der Waals surface area contributed by atoms with Crippen LogP contribution in [0.4, 0.5) is 5.95 Å². The lowest BCUT2D eigenvalue weighted by atomic mass is 10.1. The summed E-state index contributed by atoms with van der Waals surface area (Å²) in [6.45, 7) is 0. The van der Waals surface area contributed by atoms with Crippen molar-refractivity contribution in [2.75, 3.05) is 5.32 Å². The molecule has 3 N–H and O–H groups in total. The minimum Gasteiger partial charge on any atom is -0.369 e. The summed E-state index contributed by atoms with van der Waals surface area (Å²) in [5.74, 6) is 0.623. The molecule has 2 aliphatic rings. The highest BCUT2D eigenvalue weighted by atomic mass is 32.1. The van der Waals surface area contributed by atoms with Gasteiger partial charge in [-0.15, -0.1) is 16.4 Å². The molecule has 6 rings (SSSR count). The lowest BCUT2D eigenvalue weighted by molar-refractivity contribution is -0.119. The van der Waals surface area contributed by atoms with Gasteiger partial charge >= 0.3 is 0 Å². The van der Waals surface area contributed by atoms with Crippen molar-refractivity contribution in [3.8, 4) is 21.7 Å². The van der Waals surface area contributed by atoms with E-state index in [9.17, 15) is 9.59 Å². The number of aromatic nitrogens is 3. The summed E-state index contributed by atoms with van der Waals surface area (Å²) in [6, 6.07) is 18.5. The molecule has 0 bridgehead atoms. The minimum atomic E-state index is -0.130. The largest absolute Gasteiger partial charge is 0.369 e. The first-order valence-electron chi connectivity index (χ1n) is 10.7. The number of benzene rings is 1. The van der Waals surface area contributed by atoms with Crippen LogP contribution in [-0.2, 0) is 9.59 Å². The first-order valence-corrected chi connectivity index (χ1v) is 11.6. The Labute approximate surface area is 189 Å². The van der Waals surface area contributed by atoms with Gasteiger partial charge in [0.15, 0.2) is 5.65 Å². The molecular weight excluding hydrogens is 422 g/mol. The van der Waals surface area contributed by atoms with E-state index in [2.05, 4.69) is 57.2 Å². The van der Waals surface area contributed by atoms with Gasteiger partial charge in [-0.25, -0.2) is 4.52 Å². The molecule has 0 spiro atoms. The van der Waals surface area contributed by atoms with Gasteiger partial charge in [-0.2, -0.15) is 4.98 Å². The zero-order chi connectivity index (χ0) is 22.1. The number of hydrogen-bond donors (Lipinski definition) is 2. The number of nitrogens with zero attached hydrogens (tertiary/aromatic N) is 3. The average molecular weight is 446 g/mol. The van der Waals surface area contributed by atoms with E-state index < -0.39 is 0 Å². The van der Waals surface area contributed by atoms with E-state index in [1.807, 2.05) is 18.2 Å². The van der Waals surface area contributed by atoms with E-state index in [0.29, 0.717) is 5.95 Å². The van der Waals surface area contributed by atoms with E-state index in [4.69, 9.17) is 5.73 Å². The van der Waals surface area contributed by atoms with Crippen LogP contribution in [0.2, 0.25) is 0 Å². The maximum atomic E-state index is 12.0. The van der Waals surface area contributed by atoms with E-state index in [0.717, 1.165) is 42.6 Å². The zero-order valence-electron chi connectivity index (χ0n) is 17.4. The van der Waals surface area contributed by atoms with Crippen LogP contribution in [0.25, 0.3) is 27.3 Å². The Morgan fingerprint density at radius 1 is 0.938 bits per heavy atom. The van der Waals surface area contributed by atoms with Crippen LogP contribution in [-0.4, -0.2) is 26.4 Å². The molecule has 4 aromatic rings. The monoisotopic (exact) mass is 445 g/mol. The van der Waals surface area contributed by atoms with Crippen molar-refractivity contribution < 1.29 is 9.59 Å². The fraction of sp³-hybridized carbons (Fsp3) is 0.250. The molecule has 0 radical (unpaired) electrons. The molecule has 2 saturated carbocycles. The van der Waals surface area contributed by atoms with Gasteiger partial charge in [0.25, 0.3) is 0 Å². The Balaban J connectivity index is 0.000000314. The Bertz CT molecular complexity index is 1260. The van der Waals surface area contributed by atoms with Crippen molar-refractivity contribution in [1.29, 1.82) is 0 Å². The molecule has 3 heterocycles. The van der Waals surface area contributed by atoms with Crippen LogP contribution >= 0.6 is 11.3 Å². The fourth-order valence-electron chi connectivity index (χ4n) is 3.35. The summed E-state index contributed by atoms with van der Waals surface area (Å²) in [7, 11) is 0. The molecule has 162 valence electrons. The molecule has 0 aliphatic heterocycles. The second-order valence-corrected chi connectivity index (χ2v) is 9.06. The number of anilines is 1. The van der Waals surface area contributed by atoms with Crippen LogP contribution < -0.4 is 11.1 Å². The SMILES string of the molecule is NC(=O)C1CC1.O=C(Nc1nc2cccc(-c3ccc(-c4cccs4)cc3)n2n1)C1CC1. The van der Waals surface area contributed by atoms with Crippen LogP contribution in [0.1, 0.15) is 25.7 Å². The Morgan fingerprint density at radius 2 is 1.66 bits per heavy atom. The zero-order valence-corrected chi connectivity index (χ0v) is 18.2. The molecule has 2 fully saturated rings. The van der Waals surface area contributed by atoms with Crippen LogP contribution in [0.15, 0.2) is 60.0 Å². The number of hydrogen-bond acceptors (Lipinski definition) is 5. The Morgan fingerprint density at radius 3 is 2.25 bits per heavy atom. The summed E-state index contributed by atoms with van der Waals surface area (Å²) in [6.07, 6.45) is 3.97. The quantitative estimate of drug-likeness (QED) is 0.476. The van der Waals surface area contributed by atoms with Gasteiger partial charge in [-0.1, -0.05) is 36.4 Å². The number of thiophene rings is 1. The van der Waals surface area contributed by atoms with Gasteiger partial charge in [0.05, 0.1) is 5.69 Å². The predicted octanol–water partition coefficient (Wildman–Crippen LogP) is 4.36. The van der Waals surface area contributed by atoms with Crippen molar-refractivity contribution in [2.45, 2.75) is 25.7 Å². The van der Waals surface area contributed by atoms with Crippen molar-refractivity contribution in [1.82, 2.24) is 14.6 Å². The minimum absolute atomic E-state index is 0.0164. The van der Waals surface area contributed by atoms with Gasteiger partial charge in [0, 0.05) is 22.3 Å². The molecule has 0 unspecified atom stereocenters. The first kappa shape index (κ1) is 20.4. The number of nitrogens with one attached hydrogen (secondary N) is 1. The lowest BCUT2D eigenvalue weighted by Gasteiger charge is -2.05. The van der Waals surface area contributed by atoms with Gasteiger partial charge in [0.1, 0.15) is 0 Å². The molecule has 8 heteroatoms. The topological polar surface area (TPSA) is 102 Å². The third-order valence-corrected chi connectivity index (χ3v) is 6.43. The number of pyridine rings is 1. The summed E-state index contributed by atoms with van der Waals surface area (Å²) < 4.78 is 1.78. The number of carbonyl (C=O) groups is 2. The van der Waals surface area contributed by atoms with E-state index in [1.54, 1.807) is 15.9 Å². The van der Waals surface area contributed by atoms with E-state index >= 15 is 0 Å². The summed E-state index contributed by atoms with van der Waals surface area (Å²) in [5.41, 5.74) is 8.78. The number of amides is 2. The van der Waals surface area contributed by atoms with Crippen molar-refractivity contribution in [2.24, 2.45) is 17.6 Å². The molecule has 7 nitrogen and oxygen atoms in total. The number of rotatable bonds is 5. The lowest BCUT2D eigenvalue weighted by Crippen LogP contribution is -2.14. The molecule has 0 saturated heterocycles. The van der Waals surface area contributed by atoms with Crippen molar-refractivity contribution in [3.63, 3.8) is 0 Å². The van der Waals surface area contributed by atoms with Gasteiger partial charge in [-0.3, -0.25) is 14.9 Å². The van der Waals surface area contributed by atoms with Crippen molar-refractivity contribution >= 4 is 34.7 Å². The Hall–Kier alpha value is -3.52. The summed E-state index contributed by atoms with van der Waals surface area (Å²) in [4.78, 5) is 27.6. The second-order valence-electron chi connectivity index (χ2n) is 8.11. The van der Waals surface area contributed by atoms with Crippen LogP contribution in [0.5, 0.6) is 0 Å². The molecule has 2 aliphatic carbocycles. The number of primary amides is 1. The molecule has 1 aromatic carbocycles. The van der Waals surface area contributed by atoms with Crippen molar-refractivity contribution in [3.05, 3.63) is 60.0 Å². The van der Waals surface area contributed by atoms with E-state index in [1.165, 1.54) is 10.4 Å². The molecule has 32 heavy (non-hydrogen) atoms. The molecule has 0 atom stereocenters. The highest BCUT2D eigenvalue weighted by Crippen LogP contribution is 2.31. The maximum absolute atomic E-state index is 12.0. The van der Waals surface area contributed by atoms with E-state index in [-0.39, 0.29) is 23.7 Å². The van der Waals surface area contributed by atoms with Gasteiger partial charge < -0.3 is 5.73 Å². The highest BCUT2D eigenvalue weighted by Gasteiger charge is 2.30. The number of nitrogens with two attached hydrogens (primary N) is 1. The molecular formula is C24H23N5O2S. The van der Waals surface area contributed by atoms with Crippen LogP contribution in [0.3, 0.4) is 0 Å². The summed E-state index contributed by atoms with van der Waals surface area (Å²) in [5, 5.41) is 9.39. The third-order valence-electron chi connectivity index (χ3n) is 5.51. The van der Waals surface area contributed by atoms with Gasteiger partial charge in [0.2, 0.25) is 17.8 Å². The molecule has 2 amide bonds. The standard InChI is InChI=1S/C20H16N4OS.C4H7NO/c25-19(15-10-11-15)22-20-21-18-5-1-3-16(24(18)23-20)13-6-8-14(9-7-13)17-4-2-12-26-17;5-4(6)3-1-2-3/h1-9,12,15H,10-11H2,(H,22,23,25);3H,1-2H2,(H2,5,6).